The zero-order chi connectivity index (χ0) is 30.4. The van der Waals surface area contributed by atoms with E-state index in [1.165, 1.54) is 50.9 Å². The number of benzene rings is 2. The van der Waals surface area contributed by atoms with Gasteiger partial charge in [-0.2, -0.15) is 0 Å². The average molecular weight is 573 g/mol. The zero-order valence-corrected chi connectivity index (χ0v) is 23.6. The Morgan fingerprint density at radius 2 is 1.43 bits per heavy atom. The van der Waals surface area contributed by atoms with E-state index in [-0.39, 0.29) is 17.2 Å². The van der Waals surface area contributed by atoms with Crippen molar-refractivity contribution in [2.75, 3.05) is 25.3 Å². The third-order valence-electron chi connectivity index (χ3n) is 6.85. The number of pyridine rings is 2. The van der Waals surface area contributed by atoms with Crippen LogP contribution in [-0.2, 0) is 21.4 Å². The standard InChI is InChI=1S/2C16H15FN2O2/c1-16(12-3-5-13(17)6-4-12)8-10-7-11(15(20)21-2)9-18-14(10)19-16;1-10(11-3-5-14(17)6-4-11)7-12-8-13(16(20)21-2)9-19-15(12)18/h3-7,9H,8H2,1-2H3,(H,18,19);3-9H,1-2H3,(H2,18,19)/b;10-7+. The summed E-state index contributed by atoms with van der Waals surface area (Å²) in [5.74, 6) is -0.375. The van der Waals surface area contributed by atoms with Crippen molar-refractivity contribution in [2.24, 2.45) is 0 Å². The summed E-state index contributed by atoms with van der Waals surface area (Å²) in [5, 5.41) is 3.35. The Morgan fingerprint density at radius 3 is 2.02 bits per heavy atom. The molecule has 0 aliphatic carbocycles. The Labute approximate surface area is 242 Å². The largest absolute Gasteiger partial charge is 0.465 e. The van der Waals surface area contributed by atoms with Crippen molar-refractivity contribution in [1.29, 1.82) is 0 Å². The molecule has 0 radical (unpaired) electrons. The van der Waals surface area contributed by atoms with Crippen LogP contribution in [0, 0.1) is 11.6 Å². The van der Waals surface area contributed by atoms with E-state index in [4.69, 9.17) is 10.5 Å². The summed E-state index contributed by atoms with van der Waals surface area (Å²) in [4.78, 5) is 31.3. The van der Waals surface area contributed by atoms with Crippen molar-refractivity contribution in [2.45, 2.75) is 25.8 Å². The minimum Gasteiger partial charge on any atom is -0.465 e. The summed E-state index contributed by atoms with van der Waals surface area (Å²) in [6, 6.07) is 15.9. The molecular formula is C32H30F2N4O4. The second-order valence-corrected chi connectivity index (χ2v) is 9.89. The number of nitrogens with two attached hydrogens (primary N) is 1. The Morgan fingerprint density at radius 1 is 0.881 bits per heavy atom. The lowest BCUT2D eigenvalue weighted by Gasteiger charge is -2.25. The number of carbonyl (C=O) groups excluding carboxylic acids is 2. The van der Waals surface area contributed by atoms with Gasteiger partial charge >= 0.3 is 11.9 Å². The van der Waals surface area contributed by atoms with Crippen molar-refractivity contribution < 1.29 is 27.8 Å². The molecule has 5 rings (SSSR count). The molecule has 216 valence electrons. The van der Waals surface area contributed by atoms with E-state index in [0.29, 0.717) is 28.9 Å². The van der Waals surface area contributed by atoms with E-state index in [1.54, 1.807) is 42.5 Å². The van der Waals surface area contributed by atoms with Crippen LogP contribution >= 0.6 is 0 Å². The number of hydrogen-bond donors (Lipinski definition) is 2. The van der Waals surface area contributed by atoms with Gasteiger partial charge in [0.05, 0.1) is 30.9 Å². The molecule has 0 saturated heterocycles. The van der Waals surface area contributed by atoms with Gasteiger partial charge in [0.2, 0.25) is 0 Å². The second kappa shape index (κ2) is 12.6. The molecule has 3 N–H and O–H groups in total. The minimum atomic E-state index is -0.475. The number of carbonyl (C=O) groups is 2. The molecule has 1 unspecified atom stereocenters. The number of allylic oxidation sites excluding steroid dienone is 1. The van der Waals surface area contributed by atoms with Gasteiger partial charge in [-0.25, -0.2) is 28.3 Å². The van der Waals surface area contributed by atoms with Gasteiger partial charge in [0.25, 0.3) is 0 Å². The highest BCUT2D eigenvalue weighted by Gasteiger charge is 2.35. The van der Waals surface area contributed by atoms with E-state index in [0.717, 1.165) is 28.1 Å². The summed E-state index contributed by atoms with van der Waals surface area (Å²) < 4.78 is 35.3. The van der Waals surface area contributed by atoms with Crippen LogP contribution in [0.25, 0.3) is 11.6 Å². The number of aromatic nitrogens is 2. The number of nitrogens with one attached hydrogen (secondary N) is 1. The first kappa shape index (κ1) is 29.9. The lowest BCUT2D eigenvalue weighted by atomic mass is 9.89. The monoisotopic (exact) mass is 572 g/mol. The Hall–Kier alpha value is -5.12. The lowest BCUT2D eigenvalue weighted by molar-refractivity contribution is 0.0591. The van der Waals surface area contributed by atoms with Crippen molar-refractivity contribution in [3.8, 4) is 0 Å². The quantitative estimate of drug-likeness (QED) is 0.278. The number of methoxy groups -OCH3 is 2. The third-order valence-corrected chi connectivity index (χ3v) is 6.85. The Balaban J connectivity index is 0.000000193. The molecule has 1 aliphatic rings. The van der Waals surface area contributed by atoms with Gasteiger partial charge in [-0.3, -0.25) is 0 Å². The molecule has 0 fully saturated rings. The fourth-order valence-electron chi connectivity index (χ4n) is 4.53. The lowest BCUT2D eigenvalue weighted by Crippen LogP contribution is -2.29. The first-order chi connectivity index (χ1) is 20.0. The van der Waals surface area contributed by atoms with Gasteiger partial charge in [0.1, 0.15) is 23.3 Å². The summed E-state index contributed by atoms with van der Waals surface area (Å²) in [6.45, 7) is 3.90. The van der Waals surface area contributed by atoms with E-state index >= 15 is 0 Å². The first-order valence-corrected chi connectivity index (χ1v) is 12.9. The van der Waals surface area contributed by atoms with Gasteiger partial charge < -0.3 is 20.5 Å². The maximum absolute atomic E-state index is 13.1. The summed E-state index contributed by atoms with van der Waals surface area (Å²) in [5.41, 5.74) is 10.5. The fraction of sp³-hybridized carbons (Fsp3) is 0.188. The summed E-state index contributed by atoms with van der Waals surface area (Å²) in [6.07, 6.45) is 5.33. The number of nitrogens with zero attached hydrogens (tertiary/aromatic N) is 2. The number of rotatable bonds is 5. The predicted octanol–water partition coefficient (Wildman–Crippen LogP) is 6.04. The number of halogens is 2. The molecule has 3 heterocycles. The molecule has 10 heteroatoms. The molecule has 0 saturated carbocycles. The fourth-order valence-corrected chi connectivity index (χ4v) is 4.53. The van der Waals surface area contributed by atoms with Crippen molar-refractivity contribution in [3.05, 3.63) is 118 Å². The van der Waals surface area contributed by atoms with Crippen molar-refractivity contribution >= 4 is 35.2 Å². The van der Waals surface area contributed by atoms with Crippen LogP contribution in [0.3, 0.4) is 0 Å². The first-order valence-electron chi connectivity index (χ1n) is 12.9. The van der Waals surface area contributed by atoms with Crippen LogP contribution < -0.4 is 11.1 Å². The molecule has 0 spiro atoms. The maximum Gasteiger partial charge on any atom is 0.339 e. The number of ether oxygens (including phenoxy) is 2. The summed E-state index contributed by atoms with van der Waals surface area (Å²) >= 11 is 0. The highest BCUT2D eigenvalue weighted by molar-refractivity contribution is 5.92. The van der Waals surface area contributed by atoms with Crippen LogP contribution in [0.5, 0.6) is 0 Å². The van der Waals surface area contributed by atoms with Gasteiger partial charge in [0.15, 0.2) is 0 Å². The van der Waals surface area contributed by atoms with Gasteiger partial charge in [-0.1, -0.05) is 24.3 Å². The zero-order valence-electron chi connectivity index (χ0n) is 23.6. The number of anilines is 2. The topological polar surface area (TPSA) is 116 Å². The van der Waals surface area contributed by atoms with Crippen LogP contribution in [-0.4, -0.2) is 36.1 Å². The van der Waals surface area contributed by atoms with E-state index < -0.39 is 11.9 Å². The number of nitrogen functional groups attached to an aromatic ring is 1. The number of hydrogen-bond acceptors (Lipinski definition) is 8. The van der Waals surface area contributed by atoms with Crippen LogP contribution in [0.15, 0.2) is 73.1 Å². The second-order valence-electron chi connectivity index (χ2n) is 9.89. The van der Waals surface area contributed by atoms with Crippen LogP contribution in [0.2, 0.25) is 0 Å². The molecular weight excluding hydrogens is 542 g/mol. The SMILES string of the molecule is COC(=O)c1cnc(N)c(/C=C(\C)c2ccc(F)cc2)c1.COC(=O)c1cnc2c(c1)CC(C)(c1ccc(F)cc1)N2. The van der Waals surface area contributed by atoms with Crippen molar-refractivity contribution in [3.63, 3.8) is 0 Å². The smallest absolute Gasteiger partial charge is 0.339 e. The van der Waals surface area contributed by atoms with Crippen LogP contribution in [0.4, 0.5) is 20.4 Å². The van der Waals surface area contributed by atoms with Crippen molar-refractivity contribution in [1.82, 2.24) is 9.97 Å². The van der Waals surface area contributed by atoms with Gasteiger partial charge in [-0.05, 0) is 78.6 Å². The highest BCUT2D eigenvalue weighted by atomic mass is 19.1. The van der Waals surface area contributed by atoms with E-state index in [9.17, 15) is 18.4 Å². The minimum absolute atomic E-state index is 0.260. The summed E-state index contributed by atoms with van der Waals surface area (Å²) in [7, 11) is 2.65. The molecule has 8 nitrogen and oxygen atoms in total. The van der Waals surface area contributed by atoms with Gasteiger partial charge in [-0.15, -0.1) is 0 Å². The molecule has 2 aromatic heterocycles. The van der Waals surface area contributed by atoms with E-state index in [1.807, 2.05) is 13.8 Å². The maximum atomic E-state index is 13.1. The molecule has 2 aromatic carbocycles. The van der Waals surface area contributed by atoms with Gasteiger partial charge in [0, 0.05) is 24.4 Å². The molecule has 1 atom stereocenters. The number of esters is 2. The molecule has 0 amide bonds. The molecule has 42 heavy (non-hydrogen) atoms. The normalized spacial score (nSPS) is 15.5. The van der Waals surface area contributed by atoms with Crippen LogP contribution in [0.1, 0.15) is 56.8 Å². The molecule has 0 bridgehead atoms. The predicted molar refractivity (Wildman–Crippen MR) is 157 cm³/mol. The molecule has 1 aliphatic heterocycles. The Kier molecular flexibility index (Phi) is 8.95. The highest BCUT2D eigenvalue weighted by Crippen LogP contribution is 2.38. The average Bonchev–Trinajstić information content (AvgIpc) is 3.34. The molecule has 4 aromatic rings. The third kappa shape index (κ3) is 6.77. The number of fused-ring (bicyclic) bond motifs is 1. The Bertz CT molecular complexity index is 1640. The van der Waals surface area contributed by atoms with E-state index in [2.05, 4.69) is 20.0 Å².